The zero-order valence-corrected chi connectivity index (χ0v) is 16.4. The number of amides is 2. The third-order valence-corrected chi connectivity index (χ3v) is 4.73. The molecule has 2 aromatic rings. The Morgan fingerprint density at radius 3 is 2.59 bits per heavy atom. The third kappa shape index (κ3) is 6.86. The maximum Gasteiger partial charge on any atom is 0.311 e. The van der Waals surface area contributed by atoms with Crippen molar-refractivity contribution >= 4 is 34.8 Å². The van der Waals surface area contributed by atoms with Gasteiger partial charge in [-0.25, -0.2) is 0 Å². The monoisotopic (exact) mass is 388 g/mol. The lowest BCUT2D eigenvalue weighted by Crippen LogP contribution is -2.40. The predicted octanol–water partition coefficient (Wildman–Crippen LogP) is 3.02. The largest absolute Gasteiger partial charge is 0.455 e. The Balaban J connectivity index is 1.85. The average Bonchev–Trinajstić information content (AvgIpc) is 3.14. The van der Waals surface area contributed by atoms with Crippen molar-refractivity contribution in [3.05, 3.63) is 52.2 Å². The van der Waals surface area contributed by atoms with E-state index in [2.05, 4.69) is 5.32 Å². The molecule has 1 aromatic carbocycles. The number of rotatable bonds is 9. The number of thiophene rings is 1. The molecule has 0 atom stereocenters. The average molecular weight is 388 g/mol. The number of nitrogens with one attached hydrogen (secondary N) is 1. The van der Waals surface area contributed by atoms with Crippen LogP contribution in [-0.4, -0.2) is 42.4 Å². The number of esters is 1. The van der Waals surface area contributed by atoms with Gasteiger partial charge in [-0.3, -0.25) is 14.4 Å². The van der Waals surface area contributed by atoms with Crippen LogP contribution in [0.1, 0.15) is 23.8 Å². The molecule has 0 aliphatic carbocycles. The standard InChI is InChI=1S/C20H24N2O4S/c1-3-10-22(13-18(23)21-17-9-5-4-7-15(17)2)19(24)14-26-20(25)12-16-8-6-11-27-16/h4-9,11H,3,10,12-14H2,1-2H3,(H,21,23). The van der Waals surface area contributed by atoms with Gasteiger partial charge < -0.3 is 15.0 Å². The maximum absolute atomic E-state index is 12.4. The second-order valence-electron chi connectivity index (χ2n) is 6.10. The van der Waals surface area contributed by atoms with Crippen molar-refractivity contribution in [1.82, 2.24) is 4.90 Å². The first kappa shape index (κ1) is 20.6. The van der Waals surface area contributed by atoms with Gasteiger partial charge in [0, 0.05) is 17.1 Å². The molecule has 0 fully saturated rings. The molecule has 0 spiro atoms. The van der Waals surface area contributed by atoms with E-state index >= 15 is 0 Å². The van der Waals surface area contributed by atoms with E-state index < -0.39 is 5.97 Å². The molecule has 1 heterocycles. The first-order valence-corrected chi connectivity index (χ1v) is 9.68. The van der Waals surface area contributed by atoms with Crippen LogP contribution in [0.5, 0.6) is 0 Å². The van der Waals surface area contributed by atoms with Gasteiger partial charge >= 0.3 is 5.97 Å². The summed E-state index contributed by atoms with van der Waals surface area (Å²) in [6, 6.07) is 11.1. The topological polar surface area (TPSA) is 75.7 Å². The summed E-state index contributed by atoms with van der Waals surface area (Å²) in [5.41, 5.74) is 1.66. The summed E-state index contributed by atoms with van der Waals surface area (Å²) in [4.78, 5) is 38.8. The Morgan fingerprint density at radius 2 is 1.93 bits per heavy atom. The van der Waals surface area contributed by atoms with Crippen LogP contribution < -0.4 is 5.32 Å². The van der Waals surface area contributed by atoms with Crippen LogP contribution in [0.2, 0.25) is 0 Å². The minimum atomic E-state index is -0.452. The molecule has 7 heteroatoms. The number of hydrogen-bond acceptors (Lipinski definition) is 5. The number of carbonyl (C=O) groups is 3. The smallest absolute Gasteiger partial charge is 0.311 e. The normalized spacial score (nSPS) is 10.3. The SMILES string of the molecule is CCCN(CC(=O)Nc1ccccc1C)C(=O)COC(=O)Cc1cccs1. The van der Waals surface area contributed by atoms with Crippen LogP contribution in [0.15, 0.2) is 41.8 Å². The molecule has 0 unspecified atom stereocenters. The molecule has 1 aromatic heterocycles. The van der Waals surface area contributed by atoms with Gasteiger partial charge in [-0.2, -0.15) is 0 Å². The van der Waals surface area contributed by atoms with E-state index in [0.29, 0.717) is 18.7 Å². The van der Waals surface area contributed by atoms with Gasteiger partial charge in [0.25, 0.3) is 5.91 Å². The maximum atomic E-state index is 12.4. The Kier molecular flexibility index (Phi) is 8.00. The molecule has 0 radical (unpaired) electrons. The van der Waals surface area contributed by atoms with E-state index in [0.717, 1.165) is 10.4 Å². The Labute approximate surface area is 163 Å². The molecule has 2 amide bonds. The van der Waals surface area contributed by atoms with E-state index in [9.17, 15) is 14.4 Å². The summed E-state index contributed by atoms with van der Waals surface area (Å²) < 4.78 is 5.07. The number of aryl methyl sites for hydroxylation is 1. The second-order valence-corrected chi connectivity index (χ2v) is 7.13. The summed E-state index contributed by atoms with van der Waals surface area (Å²) in [5, 5.41) is 4.69. The summed E-state index contributed by atoms with van der Waals surface area (Å²) in [5.74, 6) is -1.11. The van der Waals surface area contributed by atoms with Gasteiger partial charge in [-0.05, 0) is 36.4 Å². The molecule has 0 saturated heterocycles. The quantitative estimate of drug-likeness (QED) is 0.670. The zero-order chi connectivity index (χ0) is 19.6. The van der Waals surface area contributed by atoms with Crippen molar-refractivity contribution in [3.63, 3.8) is 0 Å². The van der Waals surface area contributed by atoms with Gasteiger partial charge in [-0.1, -0.05) is 31.2 Å². The highest BCUT2D eigenvalue weighted by Gasteiger charge is 2.19. The van der Waals surface area contributed by atoms with Gasteiger partial charge in [0.1, 0.15) is 0 Å². The first-order chi connectivity index (χ1) is 13.0. The van der Waals surface area contributed by atoms with Crippen molar-refractivity contribution in [1.29, 1.82) is 0 Å². The molecule has 27 heavy (non-hydrogen) atoms. The minimum absolute atomic E-state index is 0.0799. The highest BCUT2D eigenvalue weighted by Crippen LogP contribution is 2.13. The minimum Gasteiger partial charge on any atom is -0.455 e. The van der Waals surface area contributed by atoms with E-state index in [-0.39, 0.29) is 31.4 Å². The zero-order valence-electron chi connectivity index (χ0n) is 15.6. The number of ether oxygens (including phenoxy) is 1. The van der Waals surface area contributed by atoms with Crippen molar-refractivity contribution < 1.29 is 19.1 Å². The van der Waals surface area contributed by atoms with Crippen molar-refractivity contribution in [3.8, 4) is 0 Å². The molecule has 0 aliphatic rings. The summed E-state index contributed by atoms with van der Waals surface area (Å²) in [6.07, 6.45) is 0.846. The fourth-order valence-corrected chi connectivity index (χ4v) is 3.17. The highest BCUT2D eigenvalue weighted by molar-refractivity contribution is 7.10. The van der Waals surface area contributed by atoms with Crippen LogP contribution in [0.3, 0.4) is 0 Å². The molecule has 0 aliphatic heterocycles. The molecular weight excluding hydrogens is 364 g/mol. The van der Waals surface area contributed by atoms with E-state index in [1.165, 1.54) is 16.2 Å². The van der Waals surface area contributed by atoms with Crippen LogP contribution in [-0.2, 0) is 25.5 Å². The number of para-hydroxylation sites is 1. The van der Waals surface area contributed by atoms with E-state index in [1.54, 1.807) is 0 Å². The van der Waals surface area contributed by atoms with E-state index in [4.69, 9.17) is 4.74 Å². The van der Waals surface area contributed by atoms with Gasteiger partial charge in [-0.15, -0.1) is 11.3 Å². The van der Waals surface area contributed by atoms with Gasteiger partial charge in [0.2, 0.25) is 5.91 Å². The molecule has 1 N–H and O–H groups in total. The Bertz CT molecular complexity index is 774. The number of benzene rings is 1. The first-order valence-electron chi connectivity index (χ1n) is 8.81. The van der Waals surface area contributed by atoms with E-state index in [1.807, 2.05) is 55.6 Å². The van der Waals surface area contributed by atoms with Crippen LogP contribution in [0.25, 0.3) is 0 Å². The molecule has 144 valence electrons. The summed E-state index contributed by atoms with van der Waals surface area (Å²) in [7, 11) is 0. The Morgan fingerprint density at radius 1 is 1.15 bits per heavy atom. The molecule has 2 rings (SSSR count). The summed E-state index contributed by atoms with van der Waals surface area (Å²) in [6.45, 7) is 3.80. The van der Waals surface area contributed by atoms with Crippen molar-refractivity contribution in [2.45, 2.75) is 26.7 Å². The van der Waals surface area contributed by atoms with Crippen LogP contribution in [0, 0.1) is 6.92 Å². The molecule has 6 nitrogen and oxygen atoms in total. The number of nitrogens with zero attached hydrogens (tertiary/aromatic N) is 1. The van der Waals surface area contributed by atoms with Gasteiger partial charge in [0.15, 0.2) is 6.61 Å². The lowest BCUT2D eigenvalue weighted by Gasteiger charge is -2.21. The van der Waals surface area contributed by atoms with Gasteiger partial charge in [0.05, 0.1) is 13.0 Å². The lowest BCUT2D eigenvalue weighted by molar-refractivity contribution is -0.151. The summed E-state index contributed by atoms with van der Waals surface area (Å²) >= 11 is 1.46. The fourth-order valence-electron chi connectivity index (χ4n) is 2.48. The molecule has 0 bridgehead atoms. The fraction of sp³-hybridized carbons (Fsp3) is 0.350. The third-order valence-electron chi connectivity index (χ3n) is 3.86. The number of carbonyl (C=O) groups excluding carboxylic acids is 3. The Hall–Kier alpha value is -2.67. The highest BCUT2D eigenvalue weighted by atomic mass is 32.1. The lowest BCUT2D eigenvalue weighted by atomic mass is 10.2. The second kappa shape index (κ2) is 10.5. The van der Waals surface area contributed by atoms with Crippen molar-refractivity contribution in [2.75, 3.05) is 25.0 Å². The van der Waals surface area contributed by atoms with Crippen molar-refractivity contribution in [2.24, 2.45) is 0 Å². The van der Waals surface area contributed by atoms with Crippen LogP contribution in [0.4, 0.5) is 5.69 Å². The molecule has 0 saturated carbocycles. The molecular formula is C20H24N2O4S. The predicted molar refractivity (Wildman–Crippen MR) is 106 cm³/mol. The number of hydrogen-bond donors (Lipinski definition) is 1. The number of anilines is 1. The van der Waals surface area contributed by atoms with Crippen LogP contribution >= 0.6 is 11.3 Å².